The van der Waals surface area contributed by atoms with Crippen LogP contribution in [0.25, 0.3) is 0 Å². The van der Waals surface area contributed by atoms with Gasteiger partial charge in [-0.15, -0.1) is 23.1 Å². The molecule has 0 aliphatic carbocycles. The second kappa shape index (κ2) is 24.7. The summed E-state index contributed by atoms with van der Waals surface area (Å²) < 4.78 is 33.4. The summed E-state index contributed by atoms with van der Waals surface area (Å²) in [6, 6.07) is 17.0. The average Bonchev–Trinajstić information content (AvgIpc) is 4.08. The number of thioether (sulfide) groups is 1. The number of hydrogen-bond acceptors (Lipinski definition) is 18. The highest BCUT2D eigenvalue weighted by molar-refractivity contribution is 8.00. The Kier molecular flexibility index (Phi) is 18.0. The molecule has 8 rings (SSSR count). The van der Waals surface area contributed by atoms with Crippen molar-refractivity contribution < 1.29 is 71.2 Å². The van der Waals surface area contributed by atoms with Gasteiger partial charge < -0.3 is 48.3 Å². The number of amides is 4. The van der Waals surface area contributed by atoms with Crippen LogP contribution in [-0.2, 0) is 51.4 Å². The van der Waals surface area contributed by atoms with Gasteiger partial charge >= 0.3 is 14.1 Å². The number of ether oxygens (including phenoxy) is 5. The minimum Gasteiger partial charge on any atom is -0.543 e. The summed E-state index contributed by atoms with van der Waals surface area (Å²) in [4.78, 5) is 102. The molecule has 25 heteroatoms. The number of fused-ring (bicyclic) bond motifs is 3. The lowest BCUT2D eigenvalue weighted by Crippen LogP contribution is -2.71. The van der Waals surface area contributed by atoms with Crippen molar-refractivity contribution in [3.8, 4) is 23.0 Å². The average molecular weight is 1130 g/mol. The Hall–Kier alpha value is -7.15. The first-order valence-corrected chi connectivity index (χ1v) is 27.1. The Morgan fingerprint density at radius 2 is 1.55 bits per heavy atom. The van der Waals surface area contributed by atoms with E-state index in [1.54, 1.807) is 47.1 Å². The van der Waals surface area contributed by atoms with E-state index in [2.05, 4.69) is 37.8 Å². The molecule has 4 aliphatic rings. The Bertz CT molecular complexity index is 2980. The van der Waals surface area contributed by atoms with E-state index in [9.17, 15) is 33.6 Å². The third-order valence-corrected chi connectivity index (χ3v) is 16.3. The first-order valence-electron chi connectivity index (χ1n) is 24.8. The Morgan fingerprint density at radius 3 is 2.13 bits per heavy atom. The number of carbonyl (C=O) groups is 7. The highest BCUT2D eigenvalue weighted by atomic mass is 35.5. The summed E-state index contributed by atoms with van der Waals surface area (Å²) in [6.07, 6.45) is 1.07. The number of anilines is 1. The van der Waals surface area contributed by atoms with Crippen molar-refractivity contribution in [2.45, 2.75) is 107 Å². The number of nitrogens with one attached hydrogen (secondary N) is 3. The molecule has 2 bridgehead atoms. The maximum Gasteiger partial charge on any atom is 0.413 e. The van der Waals surface area contributed by atoms with Crippen molar-refractivity contribution in [2.24, 2.45) is 5.16 Å². The summed E-state index contributed by atoms with van der Waals surface area (Å²) in [5, 5.41) is 13.3. The van der Waals surface area contributed by atoms with E-state index in [1.165, 1.54) is 22.0 Å². The van der Waals surface area contributed by atoms with Crippen molar-refractivity contribution in [3.63, 3.8) is 0 Å². The maximum atomic E-state index is 14.4. The Balaban J connectivity index is 0.945. The summed E-state index contributed by atoms with van der Waals surface area (Å²) >= 11 is 9.09. The third-order valence-electron chi connectivity index (χ3n) is 13.9. The fourth-order valence-electron chi connectivity index (χ4n) is 9.95. The van der Waals surface area contributed by atoms with E-state index in [4.69, 9.17) is 48.2 Å². The molecule has 0 saturated carbocycles. The number of quaternary nitrogens is 1. The van der Waals surface area contributed by atoms with Crippen LogP contribution in [0.1, 0.15) is 80.1 Å². The number of methoxy groups -OCH3 is 2. The first kappa shape index (κ1) is 57.0. The van der Waals surface area contributed by atoms with E-state index in [1.807, 2.05) is 48.5 Å². The van der Waals surface area contributed by atoms with Crippen molar-refractivity contribution in [1.82, 2.24) is 20.5 Å². The van der Waals surface area contributed by atoms with Crippen LogP contribution in [-0.4, -0.2) is 145 Å². The van der Waals surface area contributed by atoms with Crippen molar-refractivity contribution in [3.05, 3.63) is 105 Å². The predicted molar refractivity (Wildman–Crippen MR) is 288 cm³/mol. The fraction of sp³-hybridized carbons (Fsp3) is 0.415. The number of thiazole rings is 1. The summed E-state index contributed by atoms with van der Waals surface area (Å²) in [5.41, 5.74) is 1.54. The summed E-state index contributed by atoms with van der Waals surface area (Å²) in [6.45, 7) is 5.77. The second-order valence-electron chi connectivity index (χ2n) is 20.1. The number of β-lactam (4-membered cyclic amide) rings is 1. The molecule has 4 aliphatic heterocycles. The molecule has 2 unspecified atom stereocenters. The SMILES string of the molecule is [B]OC(=O)C[C@@H](C=O)O/N=C(\C(=O)N[C@@H]1C(=O)N2C(C=O)=C(C[N+]3(C)[C@@H]4CC[C@H]3CC(NC(=O)c3ccc(Cl)c(OCc5ccc(OC)cc5)c3OCc3ccc(OC)cc3)C4)CS[C@H]12)c1csc(NC(=O)OC(C)(C)C)n1. The van der Waals surface area contributed by atoms with Crippen LogP contribution in [0.4, 0.5) is 9.93 Å². The van der Waals surface area contributed by atoms with E-state index in [0.717, 1.165) is 40.9 Å². The number of piperidine rings is 1. The zero-order valence-corrected chi connectivity index (χ0v) is 46.0. The highest BCUT2D eigenvalue weighted by Crippen LogP contribution is 2.46. The summed E-state index contributed by atoms with van der Waals surface area (Å²) in [5.74, 6) is -0.615. The number of rotatable bonds is 22. The number of likely N-dealkylation sites (N-methyl/N-ethyl adjacent to an activating group) is 1. The smallest absolute Gasteiger partial charge is 0.413 e. The van der Waals surface area contributed by atoms with Gasteiger partial charge in [-0.1, -0.05) is 41.0 Å². The van der Waals surface area contributed by atoms with Crippen molar-refractivity contribution in [2.75, 3.05) is 38.9 Å². The van der Waals surface area contributed by atoms with Crippen molar-refractivity contribution in [1.29, 1.82) is 0 Å². The molecule has 21 nitrogen and oxygen atoms in total. The number of benzene rings is 3. The van der Waals surface area contributed by atoms with Gasteiger partial charge in [-0.05, 0) is 68.3 Å². The zero-order chi connectivity index (χ0) is 55.9. The molecule has 4 aromatic rings. The maximum absolute atomic E-state index is 14.4. The molecule has 3 fully saturated rings. The molecule has 7 atom stereocenters. The molecule has 3 N–H and O–H groups in total. The van der Waals surface area contributed by atoms with Crippen LogP contribution in [0.15, 0.2) is 82.5 Å². The molecule has 5 heterocycles. The van der Waals surface area contributed by atoms with Gasteiger partial charge in [0.25, 0.3) is 23.7 Å². The number of carbonyl (C=O) groups excluding carboxylic acids is 7. The van der Waals surface area contributed by atoms with Gasteiger partial charge in [0, 0.05) is 48.4 Å². The number of oxime groups is 1. The molecular formula is C53H58BClN7O14S2+. The molecule has 78 heavy (non-hydrogen) atoms. The van der Waals surface area contributed by atoms with Gasteiger partial charge in [-0.3, -0.25) is 39.0 Å². The quantitative estimate of drug-likeness (QED) is 0.0202. The normalized spacial score (nSPS) is 21.9. The molecule has 1 aromatic heterocycles. The van der Waals surface area contributed by atoms with Gasteiger partial charge in [0.1, 0.15) is 54.0 Å². The molecule has 4 amide bonds. The molecular weight excluding hydrogens is 1070 g/mol. The number of aldehydes is 2. The summed E-state index contributed by atoms with van der Waals surface area (Å²) in [7, 11) is 10.3. The fourth-order valence-corrected chi connectivity index (χ4v) is 12.2. The van der Waals surface area contributed by atoms with Crippen LogP contribution in [0.2, 0.25) is 5.02 Å². The lowest BCUT2D eigenvalue weighted by molar-refractivity contribution is -0.944. The lowest BCUT2D eigenvalue weighted by atomic mass is 9.92. The standard InChI is InChI=1S/C53H57BClN7O14S2/c1-53(2,3)74-52(69)59-51-57-40(28-78-51)43(60-76-37(23-63)21-42(65)75-54)48(67)58-44-49(68)61-41(24-64)31(27-77-50(44)61)22-62(4)33-11-12-34(62)20-32(19-33)56-47(66)38-17-18-39(55)46(73-26-30-9-15-36(71-6)16-10-30)45(38)72-25-29-7-13-35(70-5)14-8-29/h7-10,13-18,23-24,28,32-34,37,44,50H,11-12,19-22,25-27H2,1-6H3,(H2-,56,57,58,59,66,67,69)/p+1/b60-43-/t32?,33-,34+,37-,44+,50+,62?/m0/s1. The predicted octanol–water partition coefficient (Wildman–Crippen LogP) is 6.05. The molecule has 2 radical (unpaired) electrons. The van der Waals surface area contributed by atoms with E-state index in [0.29, 0.717) is 47.4 Å². The van der Waals surface area contributed by atoms with Gasteiger partial charge in [-0.25, -0.2) is 9.78 Å². The van der Waals surface area contributed by atoms with Crippen LogP contribution in [0, 0.1) is 0 Å². The molecule has 0 spiro atoms. The molecule has 410 valence electrons. The second-order valence-corrected chi connectivity index (χ2v) is 22.5. The van der Waals surface area contributed by atoms with Crippen molar-refractivity contribution >= 4 is 95.9 Å². The van der Waals surface area contributed by atoms with E-state index < -0.39 is 59.1 Å². The zero-order valence-electron chi connectivity index (χ0n) is 43.6. The van der Waals surface area contributed by atoms with Crippen LogP contribution in [0.3, 0.4) is 0 Å². The highest BCUT2D eigenvalue weighted by Gasteiger charge is 2.56. The number of halogens is 1. The minimum absolute atomic E-state index is 0.0280. The monoisotopic (exact) mass is 1130 g/mol. The molecule has 3 aromatic carbocycles. The van der Waals surface area contributed by atoms with Crippen LogP contribution >= 0.6 is 34.7 Å². The third kappa shape index (κ3) is 13.1. The number of allylic oxidation sites excluding steroid dienone is 1. The first-order chi connectivity index (χ1) is 37.3. The van der Waals surface area contributed by atoms with E-state index in [-0.39, 0.29) is 82.1 Å². The van der Waals surface area contributed by atoms with Gasteiger partial charge in [0.05, 0.1) is 56.1 Å². The topological polar surface area (TPSA) is 249 Å². The van der Waals surface area contributed by atoms with Gasteiger partial charge in [-0.2, -0.15) is 0 Å². The molecule has 3 saturated heterocycles. The Labute approximate surface area is 464 Å². The largest absolute Gasteiger partial charge is 0.543 e. The van der Waals surface area contributed by atoms with Crippen LogP contribution < -0.4 is 34.9 Å². The Morgan fingerprint density at radius 1 is 0.923 bits per heavy atom. The van der Waals surface area contributed by atoms with Gasteiger partial charge in [0.15, 0.2) is 41.0 Å². The van der Waals surface area contributed by atoms with E-state index >= 15 is 0 Å². The van der Waals surface area contributed by atoms with Crippen LogP contribution in [0.5, 0.6) is 23.0 Å². The van der Waals surface area contributed by atoms with Gasteiger partial charge in [0.2, 0.25) is 0 Å². The number of aromatic nitrogens is 1. The number of hydrogen-bond donors (Lipinski definition) is 3. The minimum atomic E-state index is -1.51. The number of nitrogens with zero attached hydrogens (tertiary/aromatic N) is 4. The lowest BCUT2D eigenvalue weighted by Gasteiger charge is -2.52.